The lowest BCUT2D eigenvalue weighted by molar-refractivity contribution is -0.138. The van der Waals surface area contributed by atoms with Gasteiger partial charge in [0, 0.05) is 24.4 Å². The first-order valence-corrected chi connectivity index (χ1v) is 16.0. The van der Waals surface area contributed by atoms with Crippen LogP contribution in [-0.2, 0) is 19.1 Å². The number of nitrogens with zero attached hydrogens (tertiary/aromatic N) is 6. The molecule has 0 amide bonds. The summed E-state index contributed by atoms with van der Waals surface area (Å²) in [5.41, 5.74) is 2.43. The third-order valence-corrected chi connectivity index (χ3v) is 8.18. The number of likely N-dealkylation sites (N-methyl/N-ethyl adjacent to an activating group) is 1. The van der Waals surface area contributed by atoms with E-state index < -0.39 is 11.9 Å². The van der Waals surface area contributed by atoms with Gasteiger partial charge in [0.25, 0.3) is 0 Å². The molecule has 2 aromatic carbocycles. The highest BCUT2D eigenvalue weighted by Crippen LogP contribution is 2.39. The van der Waals surface area contributed by atoms with E-state index in [1.807, 2.05) is 61.5 Å². The van der Waals surface area contributed by atoms with E-state index in [1.165, 1.54) is 28.7 Å². The molecule has 0 N–H and O–H groups in total. The number of rotatable bonds is 18. The summed E-state index contributed by atoms with van der Waals surface area (Å²) in [7, 11) is 0. The number of azo groups is 2. The Bertz CT molecular complexity index is 1600. The lowest BCUT2D eigenvalue weighted by Gasteiger charge is -2.22. The number of carbonyl (C=O) groups excluding carboxylic acids is 2. The van der Waals surface area contributed by atoms with Crippen LogP contribution in [0.15, 0.2) is 100 Å². The quantitative estimate of drug-likeness (QED) is 0.0457. The van der Waals surface area contributed by atoms with E-state index >= 15 is 0 Å². The van der Waals surface area contributed by atoms with Crippen molar-refractivity contribution in [2.24, 2.45) is 20.5 Å². The van der Waals surface area contributed by atoms with Crippen LogP contribution in [0.4, 0.5) is 27.2 Å². The van der Waals surface area contributed by atoms with Crippen molar-refractivity contribution >= 4 is 71.3 Å². The minimum Gasteiger partial charge on any atom is -0.494 e. The Hall–Kier alpha value is -4.75. The molecule has 11 nitrogen and oxygen atoms in total. The molecule has 0 spiro atoms. The molecule has 0 aliphatic heterocycles. The van der Waals surface area contributed by atoms with Gasteiger partial charge in [0.05, 0.1) is 35.8 Å². The Balaban J connectivity index is 1.22. The molecule has 0 radical (unpaired) electrons. The molecule has 2 aromatic heterocycles. The molecule has 0 aliphatic rings. The van der Waals surface area contributed by atoms with Crippen LogP contribution in [-0.4, -0.2) is 49.8 Å². The van der Waals surface area contributed by atoms with Gasteiger partial charge in [-0.05, 0) is 80.8 Å². The number of unbranched alkanes of at least 4 members (excludes halogenated alkanes) is 2. The number of carbonyl (C=O) groups is 2. The number of hydrogen-bond donors (Lipinski definition) is 0. The summed E-state index contributed by atoms with van der Waals surface area (Å²) in [5, 5.41) is 18.7. The molecule has 4 rings (SSSR count). The summed E-state index contributed by atoms with van der Waals surface area (Å²) in [6.45, 7) is 11.4. The molecule has 2 heterocycles. The number of thiazole rings is 1. The van der Waals surface area contributed by atoms with Crippen LogP contribution in [0.3, 0.4) is 0 Å². The number of anilines is 1. The van der Waals surface area contributed by atoms with Gasteiger partial charge in [0.1, 0.15) is 22.2 Å². The summed E-state index contributed by atoms with van der Waals surface area (Å²) in [4.78, 5) is 29.8. The van der Waals surface area contributed by atoms with Crippen molar-refractivity contribution in [1.82, 2.24) is 4.98 Å². The molecule has 45 heavy (non-hydrogen) atoms. The van der Waals surface area contributed by atoms with E-state index in [9.17, 15) is 9.59 Å². The lowest BCUT2D eigenvalue weighted by Crippen LogP contribution is -2.27. The topological polar surface area (TPSA) is 127 Å². The second-order valence-electron chi connectivity index (χ2n) is 9.39. The first-order valence-electron chi connectivity index (χ1n) is 14.4. The molecule has 0 aliphatic carbocycles. The number of thiophene rings is 1. The molecule has 4 aromatic rings. The average molecular weight is 647 g/mol. The van der Waals surface area contributed by atoms with Crippen molar-refractivity contribution in [2.45, 2.75) is 26.2 Å². The smallest absolute Gasteiger partial charge is 0.330 e. The Morgan fingerprint density at radius 3 is 2.13 bits per heavy atom. The zero-order valence-electron chi connectivity index (χ0n) is 25.0. The van der Waals surface area contributed by atoms with Gasteiger partial charge in [0.15, 0.2) is 0 Å². The van der Waals surface area contributed by atoms with Crippen molar-refractivity contribution in [2.75, 3.05) is 37.8 Å². The fourth-order valence-electron chi connectivity index (χ4n) is 3.94. The maximum absolute atomic E-state index is 11.3. The van der Waals surface area contributed by atoms with E-state index in [4.69, 9.17) is 14.2 Å². The predicted molar refractivity (Wildman–Crippen MR) is 178 cm³/mol. The van der Waals surface area contributed by atoms with Crippen LogP contribution >= 0.6 is 22.7 Å². The summed E-state index contributed by atoms with van der Waals surface area (Å²) in [6, 6.07) is 17.1. The van der Waals surface area contributed by atoms with Crippen LogP contribution in [0, 0.1) is 0 Å². The predicted octanol–water partition coefficient (Wildman–Crippen LogP) is 9.02. The third-order valence-electron chi connectivity index (χ3n) is 6.25. The van der Waals surface area contributed by atoms with Crippen molar-refractivity contribution in [3.05, 3.63) is 79.9 Å². The highest BCUT2D eigenvalue weighted by atomic mass is 32.1. The fraction of sp³-hybridized carbons (Fsp3) is 0.281. The first kappa shape index (κ1) is 33.1. The standard InChI is InChI=1S/C32H34N6O5S2/c1-4-29(39)42-20-9-7-8-19-41-26-16-12-24(13-17-26)34-36-28-22-27-31(45-28)33-32(44-27)37-35-23-10-14-25(15-11-23)38(6-3)18-21-43-30(40)5-2/h4-5,10-17,22H,1-2,6-9,18-21H2,3H3. The molecule has 13 heteroatoms. The van der Waals surface area contributed by atoms with E-state index in [-0.39, 0.29) is 6.61 Å². The van der Waals surface area contributed by atoms with Crippen LogP contribution in [0.2, 0.25) is 0 Å². The van der Waals surface area contributed by atoms with Gasteiger partial charge in [0.2, 0.25) is 5.13 Å². The van der Waals surface area contributed by atoms with Crippen molar-refractivity contribution in [3.8, 4) is 5.75 Å². The summed E-state index contributed by atoms with van der Waals surface area (Å²) >= 11 is 2.88. The summed E-state index contributed by atoms with van der Waals surface area (Å²) in [5.74, 6) is -0.0581. The average Bonchev–Trinajstić information content (AvgIpc) is 3.63. The van der Waals surface area contributed by atoms with E-state index in [0.717, 1.165) is 63.5 Å². The lowest BCUT2D eigenvalue weighted by atomic mass is 10.2. The Labute approximate surface area is 269 Å². The zero-order valence-corrected chi connectivity index (χ0v) is 26.6. The largest absolute Gasteiger partial charge is 0.494 e. The van der Waals surface area contributed by atoms with Gasteiger partial charge < -0.3 is 19.1 Å². The van der Waals surface area contributed by atoms with Crippen LogP contribution in [0.1, 0.15) is 26.2 Å². The number of hydrogen-bond acceptors (Lipinski definition) is 13. The normalized spacial score (nSPS) is 11.2. The number of aromatic nitrogens is 1. The second-order valence-corrected chi connectivity index (χ2v) is 11.4. The molecule has 0 saturated heterocycles. The Morgan fingerprint density at radius 2 is 1.47 bits per heavy atom. The minimum atomic E-state index is -0.426. The number of benzene rings is 2. The van der Waals surface area contributed by atoms with E-state index in [2.05, 4.69) is 43.5 Å². The second kappa shape index (κ2) is 17.5. The molecule has 0 unspecified atom stereocenters. The molecule has 0 fully saturated rings. The van der Waals surface area contributed by atoms with Crippen molar-refractivity contribution in [3.63, 3.8) is 0 Å². The summed E-state index contributed by atoms with van der Waals surface area (Å²) < 4.78 is 16.8. The third kappa shape index (κ3) is 10.7. The van der Waals surface area contributed by atoms with E-state index in [1.54, 1.807) is 0 Å². The highest BCUT2D eigenvalue weighted by Gasteiger charge is 2.09. The number of ether oxygens (including phenoxy) is 3. The maximum Gasteiger partial charge on any atom is 0.330 e. The molecular formula is C32H34N6O5S2. The maximum atomic E-state index is 11.3. The van der Waals surface area contributed by atoms with Crippen molar-refractivity contribution < 1.29 is 23.8 Å². The fourth-order valence-corrected chi connectivity index (χ4v) is 5.79. The van der Waals surface area contributed by atoms with Crippen LogP contribution < -0.4 is 9.64 Å². The van der Waals surface area contributed by atoms with Gasteiger partial charge in [-0.1, -0.05) is 35.8 Å². The monoisotopic (exact) mass is 646 g/mol. The Kier molecular flexibility index (Phi) is 12.9. The first-order chi connectivity index (χ1) is 22.0. The summed E-state index contributed by atoms with van der Waals surface area (Å²) in [6.07, 6.45) is 4.88. The number of fused-ring (bicyclic) bond motifs is 1. The van der Waals surface area contributed by atoms with Gasteiger partial charge in [-0.2, -0.15) is 0 Å². The molecular weight excluding hydrogens is 613 g/mol. The molecule has 0 saturated carbocycles. The number of esters is 2. The van der Waals surface area contributed by atoms with Gasteiger partial charge in [-0.25, -0.2) is 14.6 Å². The van der Waals surface area contributed by atoms with Gasteiger partial charge >= 0.3 is 11.9 Å². The molecule has 234 valence electrons. The van der Waals surface area contributed by atoms with Crippen LogP contribution in [0.25, 0.3) is 9.53 Å². The van der Waals surface area contributed by atoms with Gasteiger partial charge in [-0.3, -0.25) is 0 Å². The van der Waals surface area contributed by atoms with Gasteiger partial charge in [-0.15, -0.1) is 20.5 Å². The van der Waals surface area contributed by atoms with Crippen LogP contribution in [0.5, 0.6) is 5.75 Å². The molecule has 0 atom stereocenters. The van der Waals surface area contributed by atoms with Crippen molar-refractivity contribution in [1.29, 1.82) is 0 Å². The minimum absolute atomic E-state index is 0.287. The Morgan fingerprint density at radius 1 is 0.822 bits per heavy atom. The SMILES string of the molecule is C=CC(=O)OCCCCCOc1ccc(N=Nc2cc3sc(N=Nc4ccc(N(CC)CCOC(=O)C=C)cc4)nc3s2)cc1. The molecule has 0 bridgehead atoms. The zero-order chi connectivity index (χ0) is 31.9. The van der Waals surface area contributed by atoms with E-state index in [0.29, 0.717) is 30.6 Å². The highest BCUT2D eigenvalue weighted by molar-refractivity contribution is 7.30.